The maximum Gasteiger partial charge on any atom is 0.408 e. The number of aromatic nitrogens is 2. The average molecular weight is 657 g/mol. The summed E-state index contributed by atoms with van der Waals surface area (Å²) in [6.45, 7) is 9.43. The third kappa shape index (κ3) is 7.67. The van der Waals surface area contributed by atoms with Crippen LogP contribution in [0.1, 0.15) is 65.7 Å². The summed E-state index contributed by atoms with van der Waals surface area (Å²) in [5.41, 5.74) is 0.413. The summed E-state index contributed by atoms with van der Waals surface area (Å²) in [6, 6.07) is 3.38. The van der Waals surface area contributed by atoms with Crippen LogP contribution in [0.15, 0.2) is 30.9 Å². The van der Waals surface area contributed by atoms with Crippen molar-refractivity contribution in [1.82, 2.24) is 20.2 Å². The van der Waals surface area contributed by atoms with Crippen LogP contribution in [0.25, 0.3) is 11.0 Å². The number of carbonyl (C=O) groups excluding carboxylic acids is 3. The molecule has 0 unspecified atom stereocenters. The number of allylic oxidation sites excluding steroid dienone is 1. The quantitative estimate of drug-likeness (QED) is 0.163. The summed E-state index contributed by atoms with van der Waals surface area (Å²) in [4.78, 5) is 51.3. The number of nitrogens with zero attached hydrogens (tertiary/aromatic N) is 3. The molecule has 2 aromatic rings. The number of likely N-dealkylation sites (tertiary alicyclic amines) is 1. The van der Waals surface area contributed by atoms with Gasteiger partial charge in [-0.25, -0.2) is 19.6 Å². The fourth-order valence-corrected chi connectivity index (χ4v) is 6.62. The molecule has 250 valence electrons. The fourth-order valence-electron chi connectivity index (χ4n) is 6.44. The van der Waals surface area contributed by atoms with E-state index in [9.17, 15) is 14.4 Å². The Bertz CT molecular complexity index is 1460. The molecule has 12 heteroatoms. The van der Waals surface area contributed by atoms with Crippen LogP contribution >= 0.6 is 11.6 Å². The molecule has 0 spiro atoms. The van der Waals surface area contributed by atoms with Crippen LogP contribution < -0.4 is 14.8 Å². The minimum absolute atomic E-state index is 0.0719. The predicted molar refractivity (Wildman–Crippen MR) is 173 cm³/mol. The molecule has 1 aromatic heterocycles. The molecule has 2 saturated carbocycles. The Balaban J connectivity index is 1.34. The summed E-state index contributed by atoms with van der Waals surface area (Å²) < 4.78 is 22.7. The Morgan fingerprint density at radius 1 is 1.13 bits per heavy atom. The van der Waals surface area contributed by atoms with Gasteiger partial charge >= 0.3 is 12.1 Å². The Morgan fingerprint density at radius 3 is 2.54 bits per heavy atom. The topological polar surface area (TPSA) is 129 Å². The lowest BCUT2D eigenvalue weighted by Crippen LogP contribution is -2.57. The Labute approximate surface area is 275 Å². The van der Waals surface area contributed by atoms with E-state index in [0.29, 0.717) is 22.7 Å². The van der Waals surface area contributed by atoms with Crippen molar-refractivity contribution in [3.05, 3.63) is 36.0 Å². The zero-order valence-electron chi connectivity index (χ0n) is 27.3. The predicted octanol–water partition coefficient (Wildman–Crippen LogP) is 5.73. The molecule has 6 atom stereocenters. The van der Waals surface area contributed by atoms with E-state index in [0.717, 1.165) is 44.9 Å². The lowest BCUT2D eigenvalue weighted by Gasteiger charge is -2.35. The first-order chi connectivity index (χ1) is 21.9. The van der Waals surface area contributed by atoms with E-state index < -0.39 is 41.6 Å². The van der Waals surface area contributed by atoms with Gasteiger partial charge in [-0.15, -0.1) is 6.58 Å². The van der Waals surface area contributed by atoms with E-state index in [1.165, 1.54) is 12.0 Å². The molecule has 46 heavy (non-hydrogen) atoms. The van der Waals surface area contributed by atoms with E-state index in [-0.39, 0.29) is 35.5 Å². The minimum Gasteiger partial charge on any atom is -0.497 e. The van der Waals surface area contributed by atoms with Crippen LogP contribution in [0.4, 0.5) is 4.79 Å². The van der Waals surface area contributed by atoms with Crippen molar-refractivity contribution in [1.29, 1.82) is 0 Å². The first-order valence-corrected chi connectivity index (χ1v) is 16.5. The summed E-state index contributed by atoms with van der Waals surface area (Å²) in [7, 11) is 2.87. The molecule has 1 aromatic carbocycles. The first-order valence-electron chi connectivity index (χ1n) is 16.1. The van der Waals surface area contributed by atoms with E-state index in [1.54, 1.807) is 25.3 Å². The van der Waals surface area contributed by atoms with Crippen LogP contribution in [0.5, 0.6) is 11.6 Å². The molecule has 0 radical (unpaired) electrons. The number of esters is 1. The number of unbranched alkanes of at least 4 members (excludes halogenated alkanes) is 2. The zero-order valence-corrected chi connectivity index (χ0v) is 28.0. The van der Waals surface area contributed by atoms with Crippen molar-refractivity contribution in [2.24, 2.45) is 23.2 Å². The standard InChI is InChI=1S/C34H45ClN4O7/c1-7-8-9-10-11-20-16-24(20)46-33(42)38-28(34(2,3)4)31(40)39-18-25(26(19-12-13-19)27(39)32(41)44-6)45-30-29(35)36-22-15-14-21(43-5)17-23(22)37-30/h7,14-15,17,19-20,24-28H,1,8-13,16,18H2,2-6H3,(H,38,42)/t20-,24-,25+,26-,27+,28-/m1/s1. The van der Waals surface area contributed by atoms with Gasteiger partial charge in [0.1, 0.15) is 30.0 Å². The zero-order chi connectivity index (χ0) is 33.2. The number of halogens is 1. The number of nitrogens with one attached hydrogen (secondary N) is 1. The maximum atomic E-state index is 14.3. The van der Waals surface area contributed by atoms with Crippen LogP contribution in [0, 0.1) is 23.2 Å². The van der Waals surface area contributed by atoms with E-state index >= 15 is 0 Å². The average Bonchev–Trinajstić information content (AvgIpc) is 3.95. The molecule has 5 rings (SSSR count). The van der Waals surface area contributed by atoms with Crippen LogP contribution in [0.3, 0.4) is 0 Å². The van der Waals surface area contributed by atoms with E-state index in [1.807, 2.05) is 26.8 Å². The molecule has 2 heterocycles. The lowest BCUT2D eigenvalue weighted by atomic mass is 9.85. The van der Waals surface area contributed by atoms with Crippen LogP contribution in [0.2, 0.25) is 5.15 Å². The minimum atomic E-state index is -0.966. The van der Waals surface area contributed by atoms with Gasteiger partial charge in [0.25, 0.3) is 5.88 Å². The molecular formula is C34H45ClN4O7. The molecule has 11 nitrogen and oxygen atoms in total. The monoisotopic (exact) mass is 656 g/mol. The van der Waals surface area contributed by atoms with Crippen molar-refractivity contribution in [2.75, 3.05) is 20.8 Å². The Hall–Kier alpha value is -3.60. The molecule has 0 bridgehead atoms. The number of amides is 2. The number of methoxy groups -OCH3 is 2. The molecule has 2 aliphatic carbocycles. The lowest BCUT2D eigenvalue weighted by molar-refractivity contribution is -0.154. The molecule has 1 saturated heterocycles. The molecule has 1 aliphatic heterocycles. The number of rotatable bonds is 13. The number of hydrogen-bond acceptors (Lipinski definition) is 9. The summed E-state index contributed by atoms with van der Waals surface area (Å²) in [6.07, 6.45) is 7.19. The van der Waals surface area contributed by atoms with E-state index in [4.69, 9.17) is 30.5 Å². The highest BCUT2D eigenvalue weighted by Gasteiger charge is 2.57. The van der Waals surface area contributed by atoms with Gasteiger partial charge in [0.05, 0.1) is 31.8 Å². The summed E-state index contributed by atoms with van der Waals surface area (Å²) in [5, 5.41) is 2.90. The van der Waals surface area contributed by atoms with Gasteiger partial charge in [-0.1, -0.05) is 44.9 Å². The maximum absolute atomic E-state index is 14.3. The van der Waals surface area contributed by atoms with Crippen molar-refractivity contribution in [2.45, 2.75) is 90.0 Å². The van der Waals surface area contributed by atoms with Crippen molar-refractivity contribution < 1.29 is 33.3 Å². The normalized spacial score (nSPS) is 24.7. The largest absolute Gasteiger partial charge is 0.497 e. The SMILES string of the molecule is C=CCCCC[C@@H]1C[C@H]1OC(=O)N[C@H](C(=O)N1C[C@H](Oc2nc3cc(OC)ccc3nc2Cl)[C@@H](C2CC2)[C@H]1C(=O)OC)C(C)(C)C. The van der Waals surface area contributed by atoms with Gasteiger partial charge in [-0.2, -0.15) is 0 Å². The molecule has 1 N–H and O–H groups in total. The number of alkyl carbamates (subject to hydrolysis) is 1. The molecule has 2 amide bonds. The van der Waals surface area contributed by atoms with Gasteiger partial charge in [0, 0.05) is 12.0 Å². The van der Waals surface area contributed by atoms with Gasteiger partial charge in [0.15, 0.2) is 5.15 Å². The molecule has 3 aliphatic rings. The second-order valence-corrected chi connectivity index (χ2v) is 14.0. The van der Waals surface area contributed by atoms with Crippen LogP contribution in [-0.2, 0) is 19.1 Å². The number of carbonyl (C=O) groups is 3. The van der Waals surface area contributed by atoms with E-state index in [2.05, 4.69) is 21.9 Å². The number of benzene rings is 1. The fraction of sp³-hybridized carbons (Fsp3) is 0.618. The van der Waals surface area contributed by atoms with Crippen molar-refractivity contribution in [3.63, 3.8) is 0 Å². The van der Waals surface area contributed by atoms with Gasteiger partial charge in [-0.05, 0) is 67.9 Å². The molecule has 3 fully saturated rings. The second-order valence-electron chi connectivity index (χ2n) is 13.7. The number of fused-ring (bicyclic) bond motifs is 1. The second kappa shape index (κ2) is 14.0. The van der Waals surface area contributed by atoms with Crippen LogP contribution in [-0.4, -0.2) is 77.9 Å². The van der Waals surface area contributed by atoms with Gasteiger partial charge in [0.2, 0.25) is 5.91 Å². The van der Waals surface area contributed by atoms with Crippen molar-refractivity contribution >= 4 is 40.6 Å². The number of ether oxygens (including phenoxy) is 4. The molecular weight excluding hydrogens is 612 g/mol. The number of hydrogen-bond donors (Lipinski definition) is 1. The highest BCUT2D eigenvalue weighted by molar-refractivity contribution is 6.31. The summed E-state index contributed by atoms with van der Waals surface area (Å²) in [5.74, 6) is -0.120. The van der Waals surface area contributed by atoms with Crippen molar-refractivity contribution in [3.8, 4) is 11.6 Å². The third-order valence-electron chi connectivity index (χ3n) is 9.19. The third-order valence-corrected chi connectivity index (χ3v) is 9.43. The smallest absolute Gasteiger partial charge is 0.408 e. The summed E-state index contributed by atoms with van der Waals surface area (Å²) >= 11 is 6.52. The Morgan fingerprint density at radius 2 is 1.89 bits per heavy atom. The highest BCUT2D eigenvalue weighted by atomic mass is 35.5. The first kappa shape index (κ1) is 33.8. The van der Waals surface area contributed by atoms with Gasteiger partial charge in [-0.3, -0.25) is 4.79 Å². The highest BCUT2D eigenvalue weighted by Crippen LogP contribution is 2.47. The van der Waals surface area contributed by atoms with Gasteiger partial charge < -0.3 is 29.2 Å². The Kier molecular flexibility index (Phi) is 10.3.